The number of carbonyl (C=O) groups excluding carboxylic acids is 1. The molecule has 1 saturated carbocycles. The van der Waals surface area contributed by atoms with Crippen molar-refractivity contribution in [2.75, 3.05) is 5.32 Å². The minimum atomic E-state index is -3.48. The predicted molar refractivity (Wildman–Crippen MR) is 99.0 cm³/mol. The van der Waals surface area contributed by atoms with Crippen molar-refractivity contribution in [1.29, 1.82) is 0 Å². The average molecular weight is 402 g/mol. The number of nitrogens with one attached hydrogen (secondary N) is 2. The van der Waals surface area contributed by atoms with Gasteiger partial charge in [-0.2, -0.15) is 0 Å². The third-order valence-corrected chi connectivity index (χ3v) is 4.97. The molecule has 1 fully saturated rings. The number of aromatic nitrogens is 2. The van der Waals surface area contributed by atoms with Gasteiger partial charge in [0.1, 0.15) is 5.82 Å². The lowest BCUT2D eigenvalue weighted by Gasteiger charge is -2.40. The van der Waals surface area contributed by atoms with E-state index in [2.05, 4.69) is 27.5 Å². The maximum absolute atomic E-state index is 14.9. The zero-order chi connectivity index (χ0) is 20.8. The monoisotopic (exact) mass is 402 g/mol. The molecule has 150 valence electrons. The van der Waals surface area contributed by atoms with Crippen molar-refractivity contribution >= 4 is 11.7 Å². The summed E-state index contributed by atoms with van der Waals surface area (Å²) in [5.41, 5.74) is -2.83. The van der Waals surface area contributed by atoms with E-state index in [1.165, 1.54) is 29.2 Å². The molecule has 29 heavy (non-hydrogen) atoms. The molecule has 0 radical (unpaired) electrons. The number of alkyl halides is 2. The average Bonchev–Trinajstić information content (AvgIpc) is 3.46. The first-order chi connectivity index (χ1) is 13.7. The van der Waals surface area contributed by atoms with Crippen molar-refractivity contribution in [3.63, 3.8) is 0 Å². The summed E-state index contributed by atoms with van der Waals surface area (Å²) in [5.74, 6) is 1.03. The van der Waals surface area contributed by atoms with Crippen LogP contribution in [-0.2, 0) is 12.1 Å². The fourth-order valence-corrected chi connectivity index (χ4v) is 3.22. The molecular weight excluding hydrogens is 385 g/mol. The van der Waals surface area contributed by atoms with E-state index in [0.717, 1.165) is 18.9 Å². The number of hydrogen-bond acceptors (Lipinski definition) is 3. The third-order valence-electron chi connectivity index (χ3n) is 4.97. The maximum atomic E-state index is 14.9. The fourth-order valence-electron chi connectivity index (χ4n) is 3.22. The van der Waals surface area contributed by atoms with Crippen LogP contribution in [0.5, 0.6) is 0 Å². The molecule has 6 nitrogen and oxygen atoms in total. The van der Waals surface area contributed by atoms with Crippen molar-refractivity contribution in [2.24, 2.45) is 5.92 Å². The van der Waals surface area contributed by atoms with Gasteiger partial charge in [-0.05, 0) is 25.0 Å². The number of rotatable bonds is 3. The molecule has 1 aliphatic heterocycles. The largest absolute Gasteiger partial charge is 0.320 e. The van der Waals surface area contributed by atoms with Gasteiger partial charge < -0.3 is 10.6 Å². The molecule has 2 N–H and O–H groups in total. The van der Waals surface area contributed by atoms with Gasteiger partial charge in [0.25, 0.3) is 11.5 Å². The molecule has 1 aliphatic carbocycles. The van der Waals surface area contributed by atoms with Gasteiger partial charge in [0.15, 0.2) is 5.54 Å². The topological polar surface area (TPSA) is 76.0 Å². The summed E-state index contributed by atoms with van der Waals surface area (Å²) in [4.78, 5) is 27.9. The third kappa shape index (κ3) is 3.46. The van der Waals surface area contributed by atoms with Crippen molar-refractivity contribution in [3.8, 4) is 11.8 Å². The summed E-state index contributed by atoms with van der Waals surface area (Å²) in [6, 6.07) is 2.55. The minimum Gasteiger partial charge on any atom is -0.312 e. The van der Waals surface area contributed by atoms with Crippen molar-refractivity contribution in [2.45, 2.75) is 37.8 Å². The predicted octanol–water partition coefficient (Wildman–Crippen LogP) is 2.83. The first-order valence-electron chi connectivity index (χ1n) is 9.03. The van der Waals surface area contributed by atoms with Crippen molar-refractivity contribution in [1.82, 2.24) is 14.9 Å². The second-order valence-corrected chi connectivity index (χ2v) is 7.30. The summed E-state index contributed by atoms with van der Waals surface area (Å²) in [6.45, 7) is 0.476. The van der Waals surface area contributed by atoms with Crippen LogP contribution in [0.2, 0.25) is 0 Å². The Morgan fingerprint density at radius 1 is 1.34 bits per heavy atom. The molecule has 2 heterocycles. The standard InChI is InChI=1S/C20H17F3N4O2/c1-19(22,23)20(6-4-12-2-3-12)14-9-15(21)13(8-16(14)25-18(29)26-20)10-27-11-24-7-5-17(27)28/h5,7-9,11-12H,2-3,10H2,1H3,(H2,25,26,29). The van der Waals surface area contributed by atoms with Gasteiger partial charge in [-0.25, -0.2) is 22.9 Å². The van der Waals surface area contributed by atoms with Crippen molar-refractivity contribution in [3.05, 3.63) is 58.0 Å². The van der Waals surface area contributed by atoms with Crippen LogP contribution in [0.25, 0.3) is 0 Å². The highest BCUT2D eigenvalue weighted by Gasteiger charge is 2.55. The minimum absolute atomic E-state index is 0.00559. The van der Waals surface area contributed by atoms with Gasteiger partial charge >= 0.3 is 6.03 Å². The Morgan fingerprint density at radius 2 is 2.10 bits per heavy atom. The van der Waals surface area contributed by atoms with E-state index in [-0.39, 0.29) is 29.3 Å². The highest BCUT2D eigenvalue weighted by molar-refractivity contribution is 5.95. The van der Waals surface area contributed by atoms with Gasteiger partial charge in [0.05, 0.1) is 12.9 Å². The van der Waals surface area contributed by atoms with E-state index in [0.29, 0.717) is 6.92 Å². The molecule has 2 amide bonds. The van der Waals surface area contributed by atoms with Gasteiger partial charge in [-0.15, -0.1) is 0 Å². The molecule has 0 saturated heterocycles. The smallest absolute Gasteiger partial charge is 0.312 e. The number of urea groups is 1. The summed E-state index contributed by atoms with van der Waals surface area (Å²) in [7, 11) is 0. The van der Waals surface area contributed by atoms with E-state index in [1.54, 1.807) is 0 Å². The SMILES string of the molecule is CC(F)(F)C1(C#CC2CC2)NC(=O)Nc2cc(Cn3cnccc3=O)c(F)cc21. The molecule has 1 unspecified atom stereocenters. The van der Waals surface area contributed by atoms with E-state index in [1.807, 2.05) is 0 Å². The van der Waals surface area contributed by atoms with Crippen LogP contribution in [0, 0.1) is 23.6 Å². The second kappa shape index (κ2) is 6.65. The number of halogens is 3. The molecule has 2 aliphatic rings. The first-order valence-corrected chi connectivity index (χ1v) is 9.03. The summed E-state index contributed by atoms with van der Waals surface area (Å²) in [6.07, 6.45) is 4.17. The number of nitrogens with zero attached hydrogens (tertiary/aromatic N) is 2. The lowest BCUT2D eigenvalue weighted by molar-refractivity contribution is -0.0465. The highest BCUT2D eigenvalue weighted by Crippen LogP contribution is 2.44. The Bertz CT molecular complexity index is 1110. The first kappa shape index (κ1) is 19.1. The molecule has 4 rings (SSSR count). The quantitative estimate of drug-likeness (QED) is 0.776. The Morgan fingerprint density at radius 3 is 2.76 bits per heavy atom. The van der Waals surface area contributed by atoms with Crippen LogP contribution in [-0.4, -0.2) is 21.5 Å². The lowest BCUT2D eigenvalue weighted by atomic mass is 9.81. The molecule has 0 bridgehead atoms. The van der Waals surface area contributed by atoms with Crippen LogP contribution < -0.4 is 16.2 Å². The Balaban J connectivity index is 1.84. The summed E-state index contributed by atoms with van der Waals surface area (Å²) in [5, 5.41) is 4.65. The number of fused-ring (bicyclic) bond motifs is 1. The normalized spacial score (nSPS) is 20.8. The van der Waals surface area contributed by atoms with Gasteiger partial charge in [-0.3, -0.25) is 9.36 Å². The Kier molecular flexibility index (Phi) is 4.37. The molecule has 2 aromatic rings. The zero-order valence-corrected chi connectivity index (χ0v) is 15.4. The fraction of sp³-hybridized carbons (Fsp3) is 0.350. The van der Waals surface area contributed by atoms with Gasteiger partial charge in [0, 0.05) is 41.9 Å². The van der Waals surface area contributed by atoms with E-state index >= 15 is 0 Å². The molecule has 1 aromatic heterocycles. The maximum Gasteiger partial charge on any atom is 0.320 e. The van der Waals surface area contributed by atoms with Crippen LogP contribution in [0.4, 0.5) is 23.7 Å². The highest BCUT2D eigenvalue weighted by atomic mass is 19.3. The summed E-state index contributed by atoms with van der Waals surface area (Å²) < 4.78 is 45.4. The number of carbonyl (C=O) groups is 1. The van der Waals surface area contributed by atoms with Crippen LogP contribution >= 0.6 is 0 Å². The molecule has 9 heteroatoms. The number of amides is 2. The van der Waals surface area contributed by atoms with E-state index in [9.17, 15) is 22.8 Å². The molecule has 1 aromatic carbocycles. The van der Waals surface area contributed by atoms with Crippen LogP contribution in [0.1, 0.15) is 30.9 Å². The molecule has 0 spiro atoms. The summed E-state index contributed by atoms with van der Waals surface area (Å²) >= 11 is 0. The number of benzene rings is 1. The van der Waals surface area contributed by atoms with Crippen LogP contribution in [0.3, 0.4) is 0 Å². The number of anilines is 1. The second-order valence-electron chi connectivity index (χ2n) is 7.30. The lowest BCUT2D eigenvalue weighted by Crippen LogP contribution is -2.59. The van der Waals surface area contributed by atoms with E-state index in [4.69, 9.17) is 0 Å². The Hall–Kier alpha value is -3.28. The molecule has 1 atom stereocenters. The van der Waals surface area contributed by atoms with Gasteiger partial charge in [-0.1, -0.05) is 11.8 Å². The van der Waals surface area contributed by atoms with Crippen molar-refractivity contribution < 1.29 is 18.0 Å². The molecular formula is C20H17F3N4O2. The Labute approximate surface area is 164 Å². The number of hydrogen-bond donors (Lipinski definition) is 2. The van der Waals surface area contributed by atoms with E-state index < -0.39 is 28.9 Å². The van der Waals surface area contributed by atoms with Gasteiger partial charge in [0.2, 0.25) is 0 Å². The zero-order valence-electron chi connectivity index (χ0n) is 15.4. The van der Waals surface area contributed by atoms with Crippen LogP contribution in [0.15, 0.2) is 35.5 Å².